The molecule has 0 saturated carbocycles. The van der Waals surface area contributed by atoms with Gasteiger partial charge in [0, 0.05) is 25.6 Å². The topological polar surface area (TPSA) is 80.0 Å². The van der Waals surface area contributed by atoms with Crippen molar-refractivity contribution in [2.24, 2.45) is 5.41 Å². The van der Waals surface area contributed by atoms with E-state index in [-0.39, 0.29) is 11.3 Å². The molecule has 0 radical (unpaired) electrons. The number of nitrogens with zero attached hydrogens (tertiary/aromatic N) is 2. The first kappa shape index (κ1) is 16.0. The van der Waals surface area contributed by atoms with Crippen molar-refractivity contribution in [3.8, 4) is 0 Å². The number of aromatic nitrogens is 2. The van der Waals surface area contributed by atoms with E-state index in [2.05, 4.69) is 41.6 Å². The summed E-state index contributed by atoms with van der Waals surface area (Å²) in [5.74, 6) is 0.517. The molecule has 0 aliphatic heterocycles. The first-order chi connectivity index (χ1) is 10.3. The third-order valence-electron chi connectivity index (χ3n) is 2.91. The molecule has 0 fully saturated rings. The summed E-state index contributed by atoms with van der Waals surface area (Å²) in [5.41, 5.74) is 1.83. The van der Waals surface area contributed by atoms with Crippen molar-refractivity contribution in [2.75, 3.05) is 10.6 Å². The number of hydrogen-bond acceptors (Lipinski definition) is 5. The molecule has 6 nitrogen and oxygen atoms in total. The fourth-order valence-corrected chi connectivity index (χ4v) is 2.01. The van der Waals surface area contributed by atoms with Crippen LogP contribution in [0.25, 0.3) is 0 Å². The molecule has 0 aliphatic carbocycles. The Morgan fingerprint density at radius 1 is 1.23 bits per heavy atom. The summed E-state index contributed by atoms with van der Waals surface area (Å²) in [6, 6.07) is 7.98. The predicted octanol–water partition coefficient (Wildman–Crippen LogP) is 3.23. The minimum atomic E-state index is -0.0993. The van der Waals surface area contributed by atoms with Gasteiger partial charge in [-0.05, 0) is 17.0 Å². The molecule has 22 heavy (non-hydrogen) atoms. The molecule has 6 heteroatoms. The smallest absolute Gasteiger partial charge is 0.315 e. The molecular formula is C16H22N4O2. The van der Waals surface area contributed by atoms with Crippen LogP contribution in [0.2, 0.25) is 0 Å². The maximum atomic E-state index is 11.2. The molecule has 118 valence electrons. The Bertz CT molecular complexity index is 644. The summed E-state index contributed by atoms with van der Waals surface area (Å²) in [7, 11) is 0. The SMILES string of the molecule is CC(=O)Nc1ccccc1CNc1nnc(CC(C)(C)C)o1. The Balaban J connectivity index is 2.00. The zero-order valence-electron chi connectivity index (χ0n) is 13.4. The second-order valence-electron chi connectivity index (χ2n) is 6.43. The lowest BCUT2D eigenvalue weighted by Gasteiger charge is -2.14. The Hall–Kier alpha value is -2.37. The highest BCUT2D eigenvalue weighted by molar-refractivity contribution is 5.89. The minimum absolute atomic E-state index is 0.0990. The van der Waals surface area contributed by atoms with Crippen LogP contribution in [0.3, 0.4) is 0 Å². The van der Waals surface area contributed by atoms with Crippen LogP contribution in [0.1, 0.15) is 39.1 Å². The van der Waals surface area contributed by atoms with Gasteiger partial charge in [-0.25, -0.2) is 0 Å². The number of hydrogen-bond donors (Lipinski definition) is 2. The molecule has 2 aromatic rings. The summed E-state index contributed by atoms with van der Waals surface area (Å²) in [6.07, 6.45) is 0.726. The average molecular weight is 302 g/mol. The average Bonchev–Trinajstić information content (AvgIpc) is 2.82. The van der Waals surface area contributed by atoms with Crippen LogP contribution in [0.5, 0.6) is 0 Å². The zero-order valence-corrected chi connectivity index (χ0v) is 13.4. The maximum Gasteiger partial charge on any atom is 0.315 e. The van der Waals surface area contributed by atoms with E-state index in [9.17, 15) is 4.79 Å². The lowest BCUT2D eigenvalue weighted by Crippen LogP contribution is -2.10. The first-order valence-electron chi connectivity index (χ1n) is 7.25. The first-order valence-corrected chi connectivity index (χ1v) is 7.25. The number of rotatable bonds is 5. The minimum Gasteiger partial charge on any atom is -0.408 e. The molecular weight excluding hydrogens is 280 g/mol. The summed E-state index contributed by atoms with van der Waals surface area (Å²) >= 11 is 0. The lowest BCUT2D eigenvalue weighted by atomic mass is 9.92. The van der Waals surface area contributed by atoms with E-state index in [1.54, 1.807) is 0 Å². The molecule has 1 heterocycles. The Kier molecular flexibility index (Phi) is 4.80. The molecule has 0 saturated heterocycles. The predicted molar refractivity (Wildman–Crippen MR) is 85.5 cm³/mol. The van der Waals surface area contributed by atoms with Gasteiger partial charge in [0.25, 0.3) is 0 Å². The van der Waals surface area contributed by atoms with E-state index < -0.39 is 0 Å². The zero-order chi connectivity index (χ0) is 16.2. The van der Waals surface area contributed by atoms with Gasteiger partial charge in [0.05, 0.1) is 0 Å². The number of carbonyl (C=O) groups excluding carboxylic acids is 1. The molecule has 2 N–H and O–H groups in total. The van der Waals surface area contributed by atoms with Crippen LogP contribution in [-0.2, 0) is 17.8 Å². The molecule has 1 aromatic heterocycles. The van der Waals surface area contributed by atoms with Crippen molar-refractivity contribution in [3.63, 3.8) is 0 Å². The number of amides is 1. The van der Waals surface area contributed by atoms with Crippen LogP contribution < -0.4 is 10.6 Å². The Morgan fingerprint density at radius 3 is 2.64 bits per heavy atom. The highest BCUT2D eigenvalue weighted by Crippen LogP contribution is 2.21. The molecule has 0 spiro atoms. The fraction of sp³-hybridized carbons (Fsp3) is 0.438. The van der Waals surface area contributed by atoms with Crippen LogP contribution in [0.4, 0.5) is 11.7 Å². The quantitative estimate of drug-likeness (QED) is 0.886. The number of anilines is 2. The highest BCUT2D eigenvalue weighted by Gasteiger charge is 2.16. The highest BCUT2D eigenvalue weighted by atomic mass is 16.4. The summed E-state index contributed by atoms with van der Waals surface area (Å²) in [5, 5.41) is 13.9. The molecule has 0 bridgehead atoms. The largest absolute Gasteiger partial charge is 0.408 e. The summed E-state index contributed by atoms with van der Waals surface area (Å²) in [6.45, 7) is 8.34. The van der Waals surface area contributed by atoms with Gasteiger partial charge >= 0.3 is 6.01 Å². The van der Waals surface area contributed by atoms with E-state index in [1.807, 2.05) is 24.3 Å². The normalized spacial score (nSPS) is 11.3. The van der Waals surface area contributed by atoms with E-state index in [0.29, 0.717) is 18.5 Å². The van der Waals surface area contributed by atoms with Crippen molar-refractivity contribution in [2.45, 2.75) is 40.7 Å². The molecule has 0 aliphatic rings. The Morgan fingerprint density at radius 2 is 1.95 bits per heavy atom. The van der Waals surface area contributed by atoms with Gasteiger partial charge in [0.2, 0.25) is 11.8 Å². The maximum absolute atomic E-state index is 11.2. The van der Waals surface area contributed by atoms with Gasteiger partial charge in [-0.3, -0.25) is 4.79 Å². The molecule has 0 unspecified atom stereocenters. The summed E-state index contributed by atoms with van der Waals surface area (Å²) in [4.78, 5) is 11.2. The van der Waals surface area contributed by atoms with Crippen LogP contribution in [0.15, 0.2) is 28.7 Å². The van der Waals surface area contributed by atoms with Crippen LogP contribution >= 0.6 is 0 Å². The van der Waals surface area contributed by atoms with E-state index in [1.165, 1.54) is 6.92 Å². The number of carbonyl (C=O) groups is 1. The second-order valence-corrected chi connectivity index (χ2v) is 6.43. The van der Waals surface area contributed by atoms with E-state index in [4.69, 9.17) is 4.42 Å². The third-order valence-corrected chi connectivity index (χ3v) is 2.91. The Labute approximate surface area is 130 Å². The van der Waals surface area contributed by atoms with Crippen molar-refractivity contribution in [1.82, 2.24) is 10.2 Å². The third kappa shape index (κ3) is 4.87. The van der Waals surface area contributed by atoms with E-state index >= 15 is 0 Å². The van der Waals surface area contributed by atoms with Crippen molar-refractivity contribution in [3.05, 3.63) is 35.7 Å². The monoisotopic (exact) mass is 302 g/mol. The van der Waals surface area contributed by atoms with Crippen molar-refractivity contribution >= 4 is 17.6 Å². The lowest BCUT2D eigenvalue weighted by molar-refractivity contribution is -0.114. The van der Waals surface area contributed by atoms with Gasteiger partial charge < -0.3 is 15.1 Å². The number of nitrogens with one attached hydrogen (secondary N) is 2. The fourth-order valence-electron chi connectivity index (χ4n) is 2.01. The van der Waals surface area contributed by atoms with Crippen LogP contribution in [-0.4, -0.2) is 16.1 Å². The van der Waals surface area contributed by atoms with Gasteiger partial charge in [-0.2, -0.15) is 0 Å². The van der Waals surface area contributed by atoms with Gasteiger partial charge in [0.1, 0.15) is 0 Å². The molecule has 2 rings (SSSR count). The molecule has 1 aromatic carbocycles. The van der Waals surface area contributed by atoms with Gasteiger partial charge in [0.15, 0.2) is 0 Å². The van der Waals surface area contributed by atoms with Crippen molar-refractivity contribution < 1.29 is 9.21 Å². The second kappa shape index (κ2) is 6.60. The summed E-state index contributed by atoms with van der Waals surface area (Å²) < 4.78 is 5.58. The van der Waals surface area contributed by atoms with E-state index in [0.717, 1.165) is 17.7 Å². The van der Waals surface area contributed by atoms with Crippen molar-refractivity contribution in [1.29, 1.82) is 0 Å². The van der Waals surface area contributed by atoms with Crippen LogP contribution in [0, 0.1) is 5.41 Å². The van der Waals surface area contributed by atoms with Gasteiger partial charge in [-0.15, -0.1) is 5.10 Å². The standard InChI is InChI=1S/C16H22N4O2/c1-11(21)18-13-8-6-5-7-12(13)10-17-15-20-19-14(22-15)9-16(2,3)4/h5-8H,9-10H2,1-4H3,(H,17,20)(H,18,21). The molecule has 0 atom stereocenters. The molecule has 1 amide bonds. The number of para-hydroxylation sites is 1. The number of benzene rings is 1. The van der Waals surface area contributed by atoms with Gasteiger partial charge in [-0.1, -0.05) is 44.1 Å².